The van der Waals surface area contributed by atoms with Crippen molar-refractivity contribution in [3.8, 4) is 11.3 Å². The summed E-state index contributed by atoms with van der Waals surface area (Å²) in [4.78, 5) is 12.0. The van der Waals surface area contributed by atoms with Crippen molar-refractivity contribution in [1.29, 1.82) is 0 Å². The highest BCUT2D eigenvalue weighted by atomic mass is 19.4. The number of fused-ring (bicyclic) bond motifs is 1. The molecule has 7 heteroatoms. The molecule has 3 rings (SSSR count). The van der Waals surface area contributed by atoms with Gasteiger partial charge in [0.2, 0.25) is 0 Å². The van der Waals surface area contributed by atoms with Crippen LogP contribution < -0.4 is 4.43 Å². The highest BCUT2D eigenvalue weighted by Crippen LogP contribution is 2.32. The molecular formula is C15H13F3N2O2. The zero-order chi connectivity index (χ0) is 15.9. The standard InChI is InChI=1S/C15H13F3N2O2/c16-15(17,18)11-5-3-4-10(8-11)14-9-19(21)12-6-1-2-7-13(12)20(14)22/h3-5,8-9H,1-2,6-7H2. The van der Waals surface area contributed by atoms with Crippen LogP contribution in [-0.2, 0) is 19.0 Å². The van der Waals surface area contributed by atoms with Crippen LogP contribution in [0.4, 0.5) is 13.2 Å². The molecule has 1 aliphatic rings. The minimum Gasteiger partial charge on any atom is -0.805 e. The lowest BCUT2D eigenvalue weighted by Crippen LogP contribution is -2.29. The van der Waals surface area contributed by atoms with E-state index >= 15 is 0 Å². The third-order valence-corrected chi connectivity index (χ3v) is 3.87. The van der Waals surface area contributed by atoms with Crippen LogP contribution in [-0.4, -0.2) is 4.73 Å². The summed E-state index contributed by atoms with van der Waals surface area (Å²) in [7, 11) is 0. The van der Waals surface area contributed by atoms with Gasteiger partial charge < -0.3 is 9.94 Å². The van der Waals surface area contributed by atoms with Gasteiger partial charge in [0.1, 0.15) is 5.69 Å². The maximum absolute atomic E-state index is 12.8. The first kappa shape index (κ1) is 14.6. The number of nitrogens with zero attached hydrogens (tertiary/aromatic N) is 2. The van der Waals surface area contributed by atoms with Gasteiger partial charge in [0.05, 0.1) is 15.7 Å². The minimum atomic E-state index is -4.49. The van der Waals surface area contributed by atoms with Gasteiger partial charge in [-0.1, -0.05) is 12.1 Å². The Labute approximate surface area is 124 Å². The second-order valence-electron chi connectivity index (χ2n) is 5.31. The Kier molecular flexibility index (Phi) is 3.42. The summed E-state index contributed by atoms with van der Waals surface area (Å²) in [5, 5.41) is 12.4. The average Bonchev–Trinajstić information content (AvgIpc) is 2.50. The summed E-state index contributed by atoms with van der Waals surface area (Å²) in [5.74, 6) is 0. The predicted octanol–water partition coefficient (Wildman–Crippen LogP) is 3.31. The quantitative estimate of drug-likeness (QED) is 0.759. The van der Waals surface area contributed by atoms with Gasteiger partial charge >= 0.3 is 6.18 Å². The normalized spacial score (nSPS) is 14.7. The van der Waals surface area contributed by atoms with Crippen LogP contribution in [0.2, 0.25) is 0 Å². The van der Waals surface area contributed by atoms with E-state index in [1.54, 1.807) is 0 Å². The topological polar surface area (TPSA) is 51.0 Å². The first-order valence-corrected chi connectivity index (χ1v) is 6.93. The molecule has 0 radical (unpaired) electrons. The van der Waals surface area contributed by atoms with Crippen molar-refractivity contribution >= 4 is 0 Å². The third kappa shape index (κ3) is 2.47. The summed E-state index contributed by atoms with van der Waals surface area (Å²) in [5.41, 5.74) is -0.0437. The van der Waals surface area contributed by atoms with Gasteiger partial charge in [-0.15, -0.1) is 0 Å². The molecule has 2 aromatic rings. The van der Waals surface area contributed by atoms with Gasteiger partial charge in [0.15, 0.2) is 0 Å². The molecule has 0 atom stereocenters. The number of hydrogen-bond acceptors (Lipinski definition) is 2. The number of aromatic nitrogens is 2. The number of benzene rings is 1. The molecule has 0 unspecified atom stereocenters. The van der Waals surface area contributed by atoms with Crippen molar-refractivity contribution in [2.24, 2.45) is 0 Å². The van der Waals surface area contributed by atoms with Crippen molar-refractivity contribution in [3.63, 3.8) is 0 Å². The summed E-state index contributed by atoms with van der Waals surface area (Å²) < 4.78 is 39.6. The first-order valence-electron chi connectivity index (χ1n) is 6.93. The molecule has 22 heavy (non-hydrogen) atoms. The Morgan fingerprint density at radius 2 is 1.91 bits per heavy atom. The molecule has 0 bridgehead atoms. The molecule has 0 saturated heterocycles. The fraction of sp³-hybridized carbons (Fsp3) is 0.333. The molecule has 0 fully saturated rings. The number of rotatable bonds is 1. The molecule has 0 spiro atoms. The van der Waals surface area contributed by atoms with Crippen molar-refractivity contribution in [2.45, 2.75) is 31.9 Å². The molecule has 1 heterocycles. The maximum atomic E-state index is 12.8. The monoisotopic (exact) mass is 310 g/mol. The highest BCUT2D eigenvalue weighted by molar-refractivity contribution is 5.60. The second-order valence-corrected chi connectivity index (χ2v) is 5.31. The van der Waals surface area contributed by atoms with Crippen LogP contribution in [0.15, 0.2) is 30.5 Å². The largest absolute Gasteiger partial charge is 0.805 e. The van der Waals surface area contributed by atoms with Crippen LogP contribution in [0.5, 0.6) is 0 Å². The number of alkyl halides is 3. The van der Waals surface area contributed by atoms with E-state index in [1.165, 1.54) is 12.1 Å². The maximum Gasteiger partial charge on any atom is 0.416 e. The fourth-order valence-electron chi connectivity index (χ4n) is 2.76. The van der Waals surface area contributed by atoms with Gasteiger partial charge in [-0.05, 0) is 31.4 Å². The Morgan fingerprint density at radius 1 is 1.18 bits per heavy atom. The van der Waals surface area contributed by atoms with E-state index in [9.17, 15) is 23.3 Å². The Hall–Kier alpha value is -2.31. The summed E-state index contributed by atoms with van der Waals surface area (Å²) in [6.07, 6.45) is -0.824. The SMILES string of the molecule is O=[n+]1cc(-c2cccc(C(F)(F)F)c2)n([O-])c2c1CCCC2. The van der Waals surface area contributed by atoms with Crippen molar-refractivity contribution < 1.29 is 17.6 Å². The lowest BCUT2D eigenvalue weighted by molar-refractivity contribution is -0.506. The first-order chi connectivity index (χ1) is 10.4. The second kappa shape index (κ2) is 5.15. The number of hydrogen-bond donors (Lipinski definition) is 0. The molecule has 4 nitrogen and oxygen atoms in total. The molecule has 1 aromatic heterocycles. The van der Waals surface area contributed by atoms with Crippen molar-refractivity contribution in [2.75, 3.05) is 0 Å². The highest BCUT2D eigenvalue weighted by Gasteiger charge is 2.31. The van der Waals surface area contributed by atoms with E-state index in [4.69, 9.17) is 0 Å². The summed E-state index contributed by atoms with van der Waals surface area (Å²) in [6, 6.07) is 4.45. The average molecular weight is 310 g/mol. The Balaban J connectivity index is 2.17. The molecule has 0 aliphatic heterocycles. The Bertz CT molecular complexity index is 781. The van der Waals surface area contributed by atoms with E-state index in [0.29, 0.717) is 33.4 Å². The lowest BCUT2D eigenvalue weighted by atomic mass is 9.99. The zero-order valence-electron chi connectivity index (χ0n) is 11.6. The minimum absolute atomic E-state index is 0.0539. The molecule has 116 valence electrons. The molecule has 0 N–H and O–H groups in total. The predicted molar refractivity (Wildman–Crippen MR) is 73.6 cm³/mol. The molecule has 0 amide bonds. The van der Waals surface area contributed by atoms with Crippen LogP contribution in [0.3, 0.4) is 0 Å². The Morgan fingerprint density at radius 3 is 2.64 bits per heavy atom. The van der Waals surface area contributed by atoms with E-state index in [0.717, 1.165) is 31.2 Å². The van der Waals surface area contributed by atoms with Crippen molar-refractivity contribution in [3.05, 3.63) is 57.5 Å². The van der Waals surface area contributed by atoms with E-state index in [2.05, 4.69) is 0 Å². The van der Waals surface area contributed by atoms with Crippen LogP contribution in [0, 0.1) is 10.1 Å². The summed E-state index contributed by atoms with van der Waals surface area (Å²) >= 11 is 0. The molecule has 0 saturated carbocycles. The van der Waals surface area contributed by atoms with Gasteiger partial charge in [-0.25, -0.2) is 0 Å². The smallest absolute Gasteiger partial charge is 0.416 e. The van der Waals surface area contributed by atoms with E-state index in [1.807, 2.05) is 0 Å². The molecule has 1 aliphatic carbocycles. The van der Waals surface area contributed by atoms with Crippen molar-refractivity contribution in [1.82, 2.24) is 4.73 Å². The van der Waals surface area contributed by atoms with Crippen LogP contribution >= 0.6 is 0 Å². The van der Waals surface area contributed by atoms with Crippen LogP contribution in [0.25, 0.3) is 11.3 Å². The number of halogens is 3. The summed E-state index contributed by atoms with van der Waals surface area (Å²) in [6.45, 7) is 0. The van der Waals surface area contributed by atoms with E-state index < -0.39 is 11.7 Å². The van der Waals surface area contributed by atoms with Gasteiger partial charge in [-0.3, -0.25) is 0 Å². The molecule has 1 aromatic carbocycles. The third-order valence-electron chi connectivity index (χ3n) is 3.87. The van der Waals surface area contributed by atoms with Crippen LogP contribution in [0.1, 0.15) is 29.8 Å². The van der Waals surface area contributed by atoms with Gasteiger partial charge in [0.25, 0.3) is 11.9 Å². The zero-order valence-corrected chi connectivity index (χ0v) is 11.6. The van der Waals surface area contributed by atoms with E-state index in [-0.39, 0.29) is 11.3 Å². The van der Waals surface area contributed by atoms with Gasteiger partial charge in [0, 0.05) is 16.9 Å². The fourth-order valence-corrected chi connectivity index (χ4v) is 2.76. The van der Waals surface area contributed by atoms with Gasteiger partial charge in [-0.2, -0.15) is 13.2 Å². The molecular weight excluding hydrogens is 297 g/mol. The lowest BCUT2D eigenvalue weighted by Gasteiger charge is -2.23.